The van der Waals surface area contributed by atoms with E-state index >= 15 is 0 Å². The van der Waals surface area contributed by atoms with Gasteiger partial charge in [-0.25, -0.2) is 0 Å². The van der Waals surface area contributed by atoms with Crippen LogP contribution in [0.5, 0.6) is 0 Å². The molecule has 0 aromatic rings. The molecule has 1 aliphatic rings. The third kappa shape index (κ3) is 3.40. The molecule has 0 radical (unpaired) electrons. The van der Waals surface area contributed by atoms with Gasteiger partial charge in [-0.1, -0.05) is 6.42 Å². The minimum absolute atomic E-state index is 0.129. The summed E-state index contributed by atoms with van der Waals surface area (Å²) in [6.45, 7) is 0.474. The van der Waals surface area contributed by atoms with Crippen LogP contribution in [0.25, 0.3) is 0 Å². The molecule has 0 saturated carbocycles. The minimum Gasteiger partial charge on any atom is -0.469 e. The largest absolute Gasteiger partial charge is 0.469 e. The van der Waals surface area contributed by atoms with Crippen molar-refractivity contribution < 1.29 is 17.9 Å². The van der Waals surface area contributed by atoms with Crippen molar-refractivity contribution in [2.24, 2.45) is 0 Å². The second-order valence-electron chi connectivity index (χ2n) is 4.33. The molecule has 6 nitrogen and oxygen atoms in total. The Morgan fingerprint density at radius 3 is 2.59 bits per heavy atom. The van der Waals surface area contributed by atoms with E-state index < -0.39 is 10.2 Å². The van der Waals surface area contributed by atoms with Crippen molar-refractivity contribution in [2.75, 3.05) is 27.7 Å². The van der Waals surface area contributed by atoms with Crippen LogP contribution in [0.2, 0.25) is 0 Å². The predicted molar refractivity (Wildman–Crippen MR) is 63.6 cm³/mol. The van der Waals surface area contributed by atoms with Crippen LogP contribution in [0.15, 0.2) is 0 Å². The van der Waals surface area contributed by atoms with Crippen LogP contribution in [0.4, 0.5) is 0 Å². The van der Waals surface area contributed by atoms with Crippen molar-refractivity contribution in [3.8, 4) is 0 Å². The summed E-state index contributed by atoms with van der Waals surface area (Å²) in [6, 6.07) is -0.274. The summed E-state index contributed by atoms with van der Waals surface area (Å²) in [5.74, 6) is -0.365. The molecular formula is C10H20N2O4S. The first kappa shape index (κ1) is 14.4. The van der Waals surface area contributed by atoms with Gasteiger partial charge in [0.1, 0.15) is 0 Å². The lowest BCUT2D eigenvalue weighted by atomic mass is 10.0. The number of hydrogen-bond donors (Lipinski definition) is 0. The first-order chi connectivity index (χ1) is 7.89. The maximum atomic E-state index is 12.1. The van der Waals surface area contributed by atoms with Crippen molar-refractivity contribution in [2.45, 2.75) is 31.7 Å². The van der Waals surface area contributed by atoms with Gasteiger partial charge in [0.15, 0.2) is 0 Å². The zero-order valence-corrected chi connectivity index (χ0v) is 11.4. The molecule has 1 aliphatic heterocycles. The van der Waals surface area contributed by atoms with Crippen LogP contribution in [0, 0.1) is 0 Å². The van der Waals surface area contributed by atoms with Gasteiger partial charge in [0.05, 0.1) is 13.5 Å². The lowest BCUT2D eigenvalue weighted by molar-refractivity contribution is -0.141. The highest BCUT2D eigenvalue weighted by atomic mass is 32.2. The van der Waals surface area contributed by atoms with E-state index in [1.807, 2.05) is 0 Å². The highest BCUT2D eigenvalue weighted by Gasteiger charge is 2.34. The van der Waals surface area contributed by atoms with Crippen LogP contribution in [-0.2, 0) is 19.7 Å². The van der Waals surface area contributed by atoms with Gasteiger partial charge in [-0.15, -0.1) is 0 Å². The molecule has 7 heteroatoms. The second-order valence-corrected chi connectivity index (χ2v) is 6.43. The van der Waals surface area contributed by atoms with E-state index in [0.717, 1.165) is 12.8 Å². The molecular weight excluding hydrogens is 244 g/mol. The molecule has 0 N–H and O–H groups in total. The average Bonchev–Trinajstić information content (AvgIpc) is 2.29. The molecule has 1 saturated heterocycles. The third-order valence-corrected chi connectivity index (χ3v) is 4.96. The molecule has 0 bridgehead atoms. The van der Waals surface area contributed by atoms with Crippen LogP contribution in [-0.4, -0.2) is 56.8 Å². The van der Waals surface area contributed by atoms with E-state index in [0.29, 0.717) is 13.0 Å². The molecule has 1 atom stereocenters. The fraction of sp³-hybridized carbons (Fsp3) is 0.900. The van der Waals surface area contributed by atoms with E-state index in [1.54, 1.807) is 0 Å². The van der Waals surface area contributed by atoms with Crippen molar-refractivity contribution >= 4 is 16.2 Å². The van der Waals surface area contributed by atoms with Crippen molar-refractivity contribution in [3.05, 3.63) is 0 Å². The van der Waals surface area contributed by atoms with Gasteiger partial charge in [0.25, 0.3) is 10.2 Å². The molecule has 0 spiro atoms. The van der Waals surface area contributed by atoms with Gasteiger partial charge in [-0.05, 0) is 12.8 Å². The number of rotatable bonds is 4. The van der Waals surface area contributed by atoms with Gasteiger partial charge in [-0.2, -0.15) is 17.0 Å². The maximum absolute atomic E-state index is 12.1. The summed E-state index contributed by atoms with van der Waals surface area (Å²) in [7, 11) is 0.870. The van der Waals surface area contributed by atoms with Crippen LogP contribution in [0.3, 0.4) is 0 Å². The molecule has 0 amide bonds. The van der Waals surface area contributed by atoms with E-state index in [1.165, 1.54) is 29.8 Å². The lowest BCUT2D eigenvalue weighted by Gasteiger charge is -2.35. The zero-order valence-electron chi connectivity index (χ0n) is 10.5. The third-order valence-electron chi connectivity index (χ3n) is 2.96. The van der Waals surface area contributed by atoms with Gasteiger partial charge >= 0.3 is 5.97 Å². The highest BCUT2D eigenvalue weighted by molar-refractivity contribution is 7.86. The van der Waals surface area contributed by atoms with E-state index in [2.05, 4.69) is 4.74 Å². The Bertz CT molecular complexity index is 367. The molecule has 1 rings (SSSR count). The average molecular weight is 264 g/mol. The Labute approximate surface area is 103 Å². The quantitative estimate of drug-likeness (QED) is 0.681. The second kappa shape index (κ2) is 5.79. The molecule has 0 aromatic carbocycles. The Morgan fingerprint density at radius 2 is 2.06 bits per heavy atom. The standard InChI is InChI=1S/C10H20N2O4S/c1-11(2)17(14,15)12-7-5-4-6-9(12)8-10(13)16-3/h9H,4-8H2,1-3H3. The van der Waals surface area contributed by atoms with Crippen LogP contribution < -0.4 is 0 Å². The summed E-state index contributed by atoms with van der Waals surface area (Å²) in [4.78, 5) is 11.3. The van der Waals surface area contributed by atoms with Gasteiger partial charge < -0.3 is 4.74 Å². The van der Waals surface area contributed by atoms with Crippen molar-refractivity contribution in [1.29, 1.82) is 0 Å². The van der Waals surface area contributed by atoms with Gasteiger partial charge in [0.2, 0.25) is 0 Å². The molecule has 0 aliphatic carbocycles. The Hall–Kier alpha value is -0.660. The summed E-state index contributed by atoms with van der Waals surface area (Å²) in [6.07, 6.45) is 2.62. The molecule has 17 heavy (non-hydrogen) atoms. The lowest BCUT2D eigenvalue weighted by Crippen LogP contribution is -2.49. The molecule has 1 fully saturated rings. The fourth-order valence-electron chi connectivity index (χ4n) is 1.97. The fourth-order valence-corrected chi connectivity index (χ4v) is 3.30. The first-order valence-electron chi connectivity index (χ1n) is 5.65. The SMILES string of the molecule is COC(=O)CC1CCCCN1S(=O)(=O)N(C)C. The van der Waals surface area contributed by atoms with Crippen LogP contribution >= 0.6 is 0 Å². The summed E-state index contributed by atoms with van der Waals surface area (Å²) in [5.41, 5.74) is 0. The Kier molecular flexibility index (Phi) is 4.91. The molecule has 1 unspecified atom stereocenters. The molecule has 1 heterocycles. The van der Waals surface area contributed by atoms with E-state index in [9.17, 15) is 13.2 Å². The number of carbonyl (C=O) groups excluding carboxylic acids is 1. The minimum atomic E-state index is -3.44. The highest BCUT2D eigenvalue weighted by Crippen LogP contribution is 2.24. The number of methoxy groups -OCH3 is 1. The molecule has 100 valence electrons. The van der Waals surface area contributed by atoms with Crippen molar-refractivity contribution in [1.82, 2.24) is 8.61 Å². The summed E-state index contributed by atoms with van der Waals surface area (Å²) >= 11 is 0. The monoisotopic (exact) mass is 264 g/mol. The Balaban J connectivity index is 2.83. The normalized spacial score (nSPS) is 22.7. The topological polar surface area (TPSA) is 66.9 Å². The van der Waals surface area contributed by atoms with Crippen LogP contribution in [0.1, 0.15) is 25.7 Å². The smallest absolute Gasteiger partial charge is 0.307 e. The first-order valence-corrected chi connectivity index (χ1v) is 7.05. The summed E-state index contributed by atoms with van der Waals surface area (Å²) in [5, 5.41) is 0. The number of hydrogen-bond acceptors (Lipinski definition) is 4. The van der Waals surface area contributed by atoms with Gasteiger partial charge in [0, 0.05) is 26.7 Å². The zero-order chi connectivity index (χ0) is 13.1. The van der Waals surface area contributed by atoms with Gasteiger partial charge in [-0.3, -0.25) is 4.79 Å². The van der Waals surface area contributed by atoms with Crippen molar-refractivity contribution in [3.63, 3.8) is 0 Å². The number of nitrogens with zero attached hydrogens (tertiary/aromatic N) is 2. The number of ether oxygens (including phenoxy) is 1. The number of carbonyl (C=O) groups is 1. The number of piperidine rings is 1. The van der Waals surface area contributed by atoms with E-state index in [4.69, 9.17) is 0 Å². The van der Waals surface area contributed by atoms with E-state index in [-0.39, 0.29) is 18.4 Å². The Morgan fingerprint density at radius 1 is 1.41 bits per heavy atom. The maximum Gasteiger partial charge on any atom is 0.307 e. The molecule has 0 aromatic heterocycles. The predicted octanol–water partition coefficient (Wildman–Crippen LogP) is 0.210. The summed E-state index contributed by atoms with van der Waals surface area (Å²) < 4.78 is 31.3. The number of esters is 1.